The minimum absolute atomic E-state index is 0.0290. The molecule has 2 N–H and O–H groups in total. The molecule has 2 saturated heterocycles. The molecule has 0 aliphatic carbocycles. The lowest BCUT2D eigenvalue weighted by Gasteiger charge is -2.37. The van der Waals surface area contributed by atoms with E-state index in [0.29, 0.717) is 43.5 Å². The summed E-state index contributed by atoms with van der Waals surface area (Å²) >= 11 is 3.18. The highest BCUT2D eigenvalue weighted by molar-refractivity contribution is 7.98. The Morgan fingerprint density at radius 1 is 1.23 bits per heavy atom. The second kappa shape index (κ2) is 10.4. The molecule has 35 heavy (non-hydrogen) atoms. The van der Waals surface area contributed by atoms with E-state index in [1.54, 1.807) is 23.1 Å². The Balaban J connectivity index is 1.15. The average molecular weight is 512 g/mol. The SMILES string of the molecule is CSc1cnc(NC[C@H](C)CNc2nc3ccc(C(=O)N4CCN5C(=O)CCC5C4)cc3s2)nc1. The first kappa shape index (κ1) is 23.8. The summed E-state index contributed by atoms with van der Waals surface area (Å²) in [6.45, 7) is 5.50. The van der Waals surface area contributed by atoms with Gasteiger partial charge in [0.1, 0.15) is 0 Å². The maximum Gasteiger partial charge on any atom is 0.254 e. The van der Waals surface area contributed by atoms with Crippen molar-refractivity contribution in [3.05, 3.63) is 36.2 Å². The van der Waals surface area contributed by atoms with Crippen LogP contribution in [0.25, 0.3) is 10.2 Å². The van der Waals surface area contributed by atoms with Gasteiger partial charge in [-0.3, -0.25) is 9.59 Å². The van der Waals surface area contributed by atoms with Crippen molar-refractivity contribution in [3.63, 3.8) is 0 Å². The predicted molar refractivity (Wildman–Crippen MR) is 140 cm³/mol. The molecule has 5 rings (SSSR count). The topological polar surface area (TPSA) is 103 Å². The Morgan fingerprint density at radius 3 is 2.83 bits per heavy atom. The second-order valence-corrected chi connectivity index (χ2v) is 11.0. The van der Waals surface area contributed by atoms with Gasteiger partial charge < -0.3 is 20.4 Å². The molecule has 0 spiro atoms. The molecular formula is C24H29N7O2S2. The van der Waals surface area contributed by atoms with Gasteiger partial charge in [-0.1, -0.05) is 18.3 Å². The number of piperazine rings is 1. The van der Waals surface area contributed by atoms with E-state index in [0.717, 1.165) is 39.8 Å². The number of hydrogen-bond donors (Lipinski definition) is 2. The molecule has 2 fully saturated rings. The number of amides is 2. The lowest BCUT2D eigenvalue weighted by Crippen LogP contribution is -2.53. The summed E-state index contributed by atoms with van der Waals surface area (Å²) in [5, 5.41) is 7.54. The molecule has 184 valence electrons. The molecule has 2 aliphatic heterocycles. The summed E-state index contributed by atoms with van der Waals surface area (Å²) in [5.74, 6) is 1.22. The number of carbonyl (C=O) groups excluding carboxylic acids is 2. The zero-order valence-corrected chi connectivity index (χ0v) is 21.5. The van der Waals surface area contributed by atoms with Crippen LogP contribution in [0.3, 0.4) is 0 Å². The standard InChI is InChI=1S/C24H29N7O2S2/c1-15(10-25-23-26-12-18(34-2)13-27-23)11-28-24-29-19-5-3-16(9-20(19)35-24)22(33)30-7-8-31-17(14-30)4-6-21(31)32/h3,5,9,12-13,15,17H,4,6-8,10-11,14H2,1-2H3,(H,28,29)(H,25,26,27)/t15-,17?/m0/s1. The Morgan fingerprint density at radius 2 is 2.03 bits per heavy atom. The van der Waals surface area contributed by atoms with Gasteiger partial charge in [0.15, 0.2) is 5.13 Å². The second-order valence-electron chi connectivity index (χ2n) is 9.05. The number of carbonyl (C=O) groups is 2. The van der Waals surface area contributed by atoms with Crippen molar-refractivity contribution in [1.82, 2.24) is 24.8 Å². The molecule has 4 heterocycles. The van der Waals surface area contributed by atoms with E-state index in [4.69, 9.17) is 0 Å². The van der Waals surface area contributed by atoms with Crippen LogP contribution in [0.4, 0.5) is 11.1 Å². The molecule has 9 nitrogen and oxygen atoms in total. The number of thiazole rings is 1. The van der Waals surface area contributed by atoms with Crippen molar-refractivity contribution in [1.29, 1.82) is 0 Å². The highest BCUT2D eigenvalue weighted by atomic mass is 32.2. The van der Waals surface area contributed by atoms with Crippen LogP contribution in [0.2, 0.25) is 0 Å². The Kier molecular flexibility index (Phi) is 7.05. The van der Waals surface area contributed by atoms with Crippen molar-refractivity contribution in [2.45, 2.75) is 30.7 Å². The van der Waals surface area contributed by atoms with E-state index in [2.05, 4.69) is 32.5 Å². The van der Waals surface area contributed by atoms with Crippen molar-refractivity contribution in [2.75, 3.05) is 49.6 Å². The van der Waals surface area contributed by atoms with Gasteiger partial charge in [-0.25, -0.2) is 15.0 Å². The molecule has 11 heteroatoms. The molecule has 1 aromatic carbocycles. The third kappa shape index (κ3) is 5.35. The van der Waals surface area contributed by atoms with Crippen LogP contribution in [-0.4, -0.2) is 81.6 Å². The van der Waals surface area contributed by atoms with Crippen LogP contribution in [0.5, 0.6) is 0 Å². The van der Waals surface area contributed by atoms with E-state index in [1.807, 2.05) is 46.6 Å². The summed E-state index contributed by atoms with van der Waals surface area (Å²) in [6.07, 6.45) is 7.08. The zero-order chi connectivity index (χ0) is 24.4. The smallest absolute Gasteiger partial charge is 0.254 e. The van der Waals surface area contributed by atoms with Crippen LogP contribution < -0.4 is 10.6 Å². The summed E-state index contributed by atoms with van der Waals surface area (Å²) < 4.78 is 0.987. The van der Waals surface area contributed by atoms with Gasteiger partial charge >= 0.3 is 0 Å². The Hall–Kier alpha value is -2.92. The summed E-state index contributed by atoms with van der Waals surface area (Å²) in [7, 11) is 0. The van der Waals surface area contributed by atoms with Gasteiger partial charge in [0.25, 0.3) is 5.91 Å². The quantitative estimate of drug-likeness (QED) is 0.444. The van der Waals surface area contributed by atoms with Crippen molar-refractivity contribution in [3.8, 4) is 0 Å². The van der Waals surface area contributed by atoms with Crippen LogP contribution in [0.15, 0.2) is 35.5 Å². The van der Waals surface area contributed by atoms with E-state index < -0.39 is 0 Å². The highest BCUT2D eigenvalue weighted by Gasteiger charge is 2.37. The van der Waals surface area contributed by atoms with E-state index in [9.17, 15) is 9.59 Å². The number of fused-ring (bicyclic) bond motifs is 2. The van der Waals surface area contributed by atoms with Crippen molar-refractivity contribution >= 4 is 56.2 Å². The molecule has 0 bridgehead atoms. The third-order valence-electron chi connectivity index (χ3n) is 6.49. The van der Waals surface area contributed by atoms with Crippen LogP contribution in [0, 0.1) is 5.92 Å². The first-order chi connectivity index (χ1) is 17.0. The summed E-state index contributed by atoms with van der Waals surface area (Å²) in [6, 6.07) is 5.88. The lowest BCUT2D eigenvalue weighted by atomic mass is 10.1. The monoisotopic (exact) mass is 511 g/mol. The van der Waals surface area contributed by atoms with E-state index >= 15 is 0 Å². The summed E-state index contributed by atoms with van der Waals surface area (Å²) in [5.41, 5.74) is 1.56. The fourth-order valence-electron chi connectivity index (χ4n) is 4.48. The average Bonchev–Trinajstić information content (AvgIpc) is 3.48. The number of aromatic nitrogens is 3. The third-order valence-corrected chi connectivity index (χ3v) is 8.15. The van der Waals surface area contributed by atoms with Crippen molar-refractivity contribution < 1.29 is 9.59 Å². The highest BCUT2D eigenvalue weighted by Crippen LogP contribution is 2.29. The number of anilines is 2. The number of rotatable bonds is 8. The molecule has 2 atom stereocenters. The molecule has 0 radical (unpaired) electrons. The summed E-state index contributed by atoms with van der Waals surface area (Å²) in [4.78, 5) is 43.2. The van der Waals surface area contributed by atoms with Crippen LogP contribution in [0.1, 0.15) is 30.1 Å². The van der Waals surface area contributed by atoms with E-state index in [1.165, 1.54) is 0 Å². The van der Waals surface area contributed by atoms with E-state index in [-0.39, 0.29) is 17.9 Å². The molecule has 3 aromatic rings. The zero-order valence-electron chi connectivity index (χ0n) is 19.9. The Labute approximate surface area is 212 Å². The maximum atomic E-state index is 13.1. The normalized spacial score (nSPS) is 18.6. The lowest BCUT2D eigenvalue weighted by molar-refractivity contribution is -0.130. The largest absolute Gasteiger partial charge is 0.361 e. The molecule has 2 aromatic heterocycles. The minimum Gasteiger partial charge on any atom is -0.361 e. The Bertz CT molecular complexity index is 1220. The van der Waals surface area contributed by atoms with Gasteiger partial charge in [-0.2, -0.15) is 0 Å². The minimum atomic E-state index is 0.0290. The van der Waals surface area contributed by atoms with Crippen LogP contribution in [-0.2, 0) is 4.79 Å². The number of benzene rings is 1. The number of hydrogen-bond acceptors (Lipinski definition) is 9. The molecule has 1 unspecified atom stereocenters. The van der Waals surface area contributed by atoms with Gasteiger partial charge in [-0.05, 0) is 36.8 Å². The van der Waals surface area contributed by atoms with Gasteiger partial charge in [0, 0.05) is 68.0 Å². The predicted octanol–water partition coefficient (Wildman–Crippen LogP) is 3.42. The molecule has 0 saturated carbocycles. The number of thioether (sulfide) groups is 1. The molecule has 2 aliphatic rings. The molecular weight excluding hydrogens is 482 g/mol. The van der Waals surface area contributed by atoms with Crippen molar-refractivity contribution in [2.24, 2.45) is 5.92 Å². The number of nitrogens with one attached hydrogen (secondary N) is 2. The first-order valence-corrected chi connectivity index (χ1v) is 13.9. The molecule has 2 amide bonds. The maximum absolute atomic E-state index is 13.1. The number of nitrogens with zero attached hydrogens (tertiary/aromatic N) is 5. The fraction of sp³-hybridized carbons (Fsp3) is 0.458. The fourth-order valence-corrected chi connectivity index (χ4v) is 5.70. The van der Waals surface area contributed by atoms with Gasteiger partial charge in [0.05, 0.1) is 10.2 Å². The first-order valence-electron chi connectivity index (χ1n) is 11.8. The van der Waals surface area contributed by atoms with Gasteiger partial charge in [0.2, 0.25) is 11.9 Å². The van der Waals surface area contributed by atoms with Crippen LogP contribution >= 0.6 is 23.1 Å². The van der Waals surface area contributed by atoms with Gasteiger partial charge in [-0.15, -0.1) is 11.8 Å².